The Bertz CT molecular complexity index is 1060. The first-order chi connectivity index (χ1) is 14.8. The molecule has 0 aliphatic carbocycles. The average molecular weight is 430 g/mol. The molecule has 1 fully saturated rings. The molecule has 31 heavy (non-hydrogen) atoms. The number of alkyl halides is 3. The fourth-order valence-electron chi connectivity index (χ4n) is 3.81. The Balaban J connectivity index is 1.64. The first-order valence-electron chi connectivity index (χ1n) is 9.85. The molecule has 10 heteroatoms. The van der Waals surface area contributed by atoms with Gasteiger partial charge in [-0.2, -0.15) is 23.5 Å². The molecule has 0 spiro atoms. The molecule has 3 heterocycles. The van der Waals surface area contributed by atoms with Crippen LogP contribution in [0.5, 0.6) is 0 Å². The van der Waals surface area contributed by atoms with E-state index in [1.807, 2.05) is 13.1 Å². The minimum absolute atomic E-state index is 0.151. The summed E-state index contributed by atoms with van der Waals surface area (Å²) in [5.41, 5.74) is 0.152. The van der Waals surface area contributed by atoms with Crippen molar-refractivity contribution < 1.29 is 18.0 Å². The second kappa shape index (κ2) is 8.17. The fraction of sp³-hybridized carbons (Fsp3) is 0.381. The lowest BCUT2D eigenvalue weighted by molar-refractivity contribution is -0.137. The highest BCUT2D eigenvalue weighted by Gasteiger charge is 2.33. The van der Waals surface area contributed by atoms with Gasteiger partial charge in [-0.3, -0.25) is 14.6 Å². The second-order valence-electron chi connectivity index (χ2n) is 7.66. The van der Waals surface area contributed by atoms with Crippen LogP contribution in [0.25, 0.3) is 5.70 Å². The van der Waals surface area contributed by atoms with Crippen LogP contribution >= 0.6 is 0 Å². The van der Waals surface area contributed by atoms with Gasteiger partial charge in [0.2, 0.25) is 5.91 Å². The molecule has 1 saturated heterocycles. The molecule has 0 saturated carbocycles. The largest absolute Gasteiger partial charge is 0.416 e. The highest BCUT2D eigenvalue weighted by molar-refractivity contribution is 5.97. The van der Waals surface area contributed by atoms with Crippen molar-refractivity contribution in [3.8, 4) is 6.07 Å². The molecule has 7 nitrogen and oxygen atoms in total. The van der Waals surface area contributed by atoms with Crippen molar-refractivity contribution in [2.45, 2.75) is 6.18 Å². The number of fused-ring (bicyclic) bond motifs is 1. The average Bonchev–Trinajstić information content (AvgIpc) is 3.18. The van der Waals surface area contributed by atoms with Crippen LogP contribution in [0.2, 0.25) is 0 Å². The number of halogens is 3. The van der Waals surface area contributed by atoms with Crippen molar-refractivity contribution in [3.05, 3.63) is 53.2 Å². The molecule has 0 unspecified atom stereocenters. The maximum Gasteiger partial charge on any atom is 0.416 e. The van der Waals surface area contributed by atoms with E-state index in [4.69, 9.17) is 0 Å². The smallest absolute Gasteiger partial charge is 0.304 e. The van der Waals surface area contributed by atoms with Gasteiger partial charge in [0, 0.05) is 38.3 Å². The van der Waals surface area contributed by atoms with Crippen LogP contribution in [0.4, 0.5) is 19.0 Å². The van der Waals surface area contributed by atoms with Gasteiger partial charge in [-0.25, -0.2) is 4.68 Å². The number of nitriles is 1. The molecule has 2 aliphatic rings. The Morgan fingerprint density at radius 2 is 1.97 bits per heavy atom. The third-order valence-corrected chi connectivity index (χ3v) is 5.56. The summed E-state index contributed by atoms with van der Waals surface area (Å²) in [4.78, 5) is 18.8. The van der Waals surface area contributed by atoms with Crippen molar-refractivity contribution in [3.63, 3.8) is 0 Å². The zero-order chi connectivity index (χ0) is 22.2. The summed E-state index contributed by atoms with van der Waals surface area (Å²) >= 11 is 0. The number of piperazine rings is 1. The SMILES string of the molecule is CN1CCN(CC(=O)N2CC=C(c3cccc(C(F)(F)F)c3)n3ncc(C#N)c32)CC1. The van der Waals surface area contributed by atoms with Gasteiger partial charge in [0.25, 0.3) is 0 Å². The van der Waals surface area contributed by atoms with Gasteiger partial charge in [0.05, 0.1) is 24.0 Å². The van der Waals surface area contributed by atoms with E-state index in [2.05, 4.69) is 14.9 Å². The van der Waals surface area contributed by atoms with Gasteiger partial charge in [0.1, 0.15) is 11.6 Å². The molecule has 0 bridgehead atoms. The van der Waals surface area contributed by atoms with E-state index in [1.54, 1.807) is 12.1 Å². The van der Waals surface area contributed by atoms with E-state index in [0.29, 0.717) is 11.3 Å². The Kier molecular flexibility index (Phi) is 5.56. The van der Waals surface area contributed by atoms with E-state index in [-0.39, 0.29) is 30.4 Å². The first kappa shape index (κ1) is 21.1. The fourth-order valence-corrected chi connectivity index (χ4v) is 3.81. The molecule has 2 aliphatic heterocycles. The number of amides is 1. The van der Waals surface area contributed by atoms with Gasteiger partial charge in [0.15, 0.2) is 5.82 Å². The summed E-state index contributed by atoms with van der Waals surface area (Å²) in [5.74, 6) is 0.110. The van der Waals surface area contributed by atoms with Gasteiger partial charge in [-0.15, -0.1) is 0 Å². The normalized spacial score (nSPS) is 17.8. The molecule has 0 radical (unpaired) electrons. The van der Waals surface area contributed by atoms with E-state index in [9.17, 15) is 23.2 Å². The molecular formula is C21H21F3N6O. The summed E-state index contributed by atoms with van der Waals surface area (Å²) < 4.78 is 40.9. The number of hydrogen-bond acceptors (Lipinski definition) is 5. The molecule has 0 N–H and O–H groups in total. The Morgan fingerprint density at radius 3 is 2.65 bits per heavy atom. The molecule has 1 aromatic carbocycles. The van der Waals surface area contributed by atoms with E-state index in [0.717, 1.165) is 38.3 Å². The predicted octanol–water partition coefficient (Wildman–Crippen LogP) is 2.26. The Morgan fingerprint density at radius 1 is 1.23 bits per heavy atom. The number of aromatic nitrogens is 2. The van der Waals surface area contributed by atoms with Crippen LogP contribution in [0.3, 0.4) is 0 Å². The number of rotatable bonds is 3. The van der Waals surface area contributed by atoms with Crippen LogP contribution in [-0.4, -0.2) is 71.8 Å². The van der Waals surface area contributed by atoms with E-state index in [1.165, 1.54) is 21.8 Å². The van der Waals surface area contributed by atoms with Gasteiger partial charge in [-0.1, -0.05) is 12.1 Å². The summed E-state index contributed by atoms with van der Waals surface area (Å²) in [6.07, 6.45) is -1.47. The van der Waals surface area contributed by atoms with Crippen LogP contribution < -0.4 is 4.90 Å². The molecule has 0 atom stereocenters. The number of likely N-dealkylation sites (N-methyl/N-ethyl adjacent to an activating group) is 1. The van der Waals surface area contributed by atoms with E-state index < -0.39 is 11.7 Å². The number of carbonyl (C=O) groups is 1. The monoisotopic (exact) mass is 430 g/mol. The third-order valence-electron chi connectivity index (χ3n) is 5.56. The van der Waals surface area contributed by atoms with Crippen LogP contribution in [-0.2, 0) is 11.0 Å². The van der Waals surface area contributed by atoms with Crippen molar-refractivity contribution in [2.24, 2.45) is 0 Å². The van der Waals surface area contributed by atoms with Crippen molar-refractivity contribution in [2.75, 3.05) is 51.2 Å². The molecular weight excluding hydrogens is 409 g/mol. The Hall–Kier alpha value is -3.16. The minimum Gasteiger partial charge on any atom is -0.304 e. The maximum atomic E-state index is 13.2. The van der Waals surface area contributed by atoms with Gasteiger partial charge >= 0.3 is 6.18 Å². The number of benzene rings is 1. The zero-order valence-electron chi connectivity index (χ0n) is 16.9. The van der Waals surface area contributed by atoms with Crippen molar-refractivity contribution >= 4 is 17.4 Å². The van der Waals surface area contributed by atoms with Crippen LogP contribution in [0.15, 0.2) is 36.5 Å². The number of carbonyl (C=O) groups excluding carboxylic acids is 1. The number of anilines is 1. The standard InChI is InChI=1S/C21H21F3N6O/c1-27-7-9-28(10-8-27)14-19(31)29-6-5-18(30-20(29)16(12-25)13-26-30)15-3-2-4-17(11-15)21(22,23)24/h2-5,11,13H,6-10,14H2,1H3. The third kappa shape index (κ3) is 4.19. The highest BCUT2D eigenvalue weighted by atomic mass is 19.4. The van der Waals surface area contributed by atoms with Gasteiger partial charge in [-0.05, 0) is 25.3 Å². The van der Waals surface area contributed by atoms with Crippen molar-refractivity contribution in [1.29, 1.82) is 5.26 Å². The minimum atomic E-state index is -4.47. The van der Waals surface area contributed by atoms with Crippen molar-refractivity contribution in [1.82, 2.24) is 19.6 Å². The lowest BCUT2D eigenvalue weighted by Gasteiger charge is -2.34. The highest BCUT2D eigenvalue weighted by Crippen LogP contribution is 2.34. The number of hydrogen-bond donors (Lipinski definition) is 0. The van der Waals surface area contributed by atoms with Crippen LogP contribution in [0.1, 0.15) is 16.7 Å². The predicted molar refractivity (Wildman–Crippen MR) is 108 cm³/mol. The molecule has 162 valence electrons. The maximum absolute atomic E-state index is 13.2. The lowest BCUT2D eigenvalue weighted by Crippen LogP contribution is -2.49. The summed E-state index contributed by atoms with van der Waals surface area (Å²) in [6, 6.07) is 6.97. The first-order valence-corrected chi connectivity index (χ1v) is 9.85. The molecule has 1 aromatic heterocycles. The zero-order valence-corrected chi connectivity index (χ0v) is 16.9. The van der Waals surface area contributed by atoms with Gasteiger partial charge < -0.3 is 4.90 Å². The summed E-state index contributed by atoms with van der Waals surface area (Å²) in [7, 11) is 2.03. The molecule has 4 rings (SSSR count). The Labute approximate surface area is 177 Å². The molecule has 2 aromatic rings. The van der Waals surface area contributed by atoms with E-state index >= 15 is 0 Å². The lowest BCUT2D eigenvalue weighted by atomic mass is 10.1. The molecule has 1 amide bonds. The quantitative estimate of drug-likeness (QED) is 0.747. The second-order valence-corrected chi connectivity index (χ2v) is 7.66. The topological polar surface area (TPSA) is 68.4 Å². The summed E-state index contributed by atoms with van der Waals surface area (Å²) in [6.45, 7) is 3.63. The van der Waals surface area contributed by atoms with Crippen LogP contribution in [0, 0.1) is 11.3 Å². The number of nitrogens with zero attached hydrogens (tertiary/aromatic N) is 6. The summed E-state index contributed by atoms with van der Waals surface area (Å²) in [5, 5.41) is 13.7.